The zero-order chi connectivity index (χ0) is 23.4. The first-order valence-corrected chi connectivity index (χ1v) is 10.0. The van der Waals surface area contributed by atoms with Gasteiger partial charge in [-0.2, -0.15) is 13.2 Å². The van der Waals surface area contributed by atoms with Gasteiger partial charge in [0.25, 0.3) is 5.91 Å². The molecule has 3 amide bonds. The lowest BCUT2D eigenvalue weighted by Crippen LogP contribution is -2.46. The Morgan fingerprint density at radius 3 is 2.47 bits per heavy atom. The van der Waals surface area contributed by atoms with Crippen LogP contribution in [-0.4, -0.2) is 72.5 Å². The van der Waals surface area contributed by atoms with Gasteiger partial charge in [-0.05, 0) is 35.4 Å². The zero-order valence-electron chi connectivity index (χ0n) is 16.9. The Bertz CT molecular complexity index is 944. The highest BCUT2D eigenvalue weighted by atomic mass is 19.4. The monoisotopic (exact) mass is 459 g/mol. The molecule has 4 rings (SSSR count). The summed E-state index contributed by atoms with van der Waals surface area (Å²) in [6.07, 6.45) is -9.30. The minimum absolute atomic E-state index is 0.0196. The highest BCUT2D eigenvalue weighted by molar-refractivity contribution is 5.90. The molecule has 12 heteroatoms. The smallest absolute Gasteiger partial charge is 0.423 e. The summed E-state index contributed by atoms with van der Waals surface area (Å²) in [7, 11) is 0. The Morgan fingerprint density at radius 1 is 1.25 bits per heavy atom. The summed E-state index contributed by atoms with van der Waals surface area (Å²) in [5.41, 5.74) is 0.659. The average Bonchev–Trinajstić information content (AvgIpc) is 3.03. The second-order valence-corrected chi connectivity index (χ2v) is 8.30. The number of likely N-dealkylation sites (tertiary alicyclic amines) is 1. The van der Waals surface area contributed by atoms with Crippen LogP contribution in [0.25, 0.3) is 0 Å². The number of nitrogens with one attached hydrogen (secondary N) is 1. The van der Waals surface area contributed by atoms with E-state index in [9.17, 15) is 31.9 Å². The number of amides is 3. The summed E-state index contributed by atoms with van der Waals surface area (Å²) in [4.78, 5) is 37.1. The number of hydrogen-bond acceptors (Lipinski definition) is 5. The molecule has 1 aromatic rings. The van der Waals surface area contributed by atoms with Gasteiger partial charge in [-0.15, -0.1) is 0 Å². The second kappa shape index (κ2) is 7.91. The molecule has 0 aromatic heterocycles. The van der Waals surface area contributed by atoms with E-state index in [0.29, 0.717) is 5.56 Å². The summed E-state index contributed by atoms with van der Waals surface area (Å²) in [6, 6.07) is 4.28. The van der Waals surface area contributed by atoms with Gasteiger partial charge in [-0.1, -0.05) is 6.07 Å². The van der Waals surface area contributed by atoms with Crippen LogP contribution in [0, 0.1) is 17.7 Å². The van der Waals surface area contributed by atoms with Crippen molar-refractivity contribution in [3.63, 3.8) is 0 Å². The normalized spacial score (nSPS) is 27.8. The number of carbonyl (C=O) groups excluding carboxylic acids is 3. The number of halogens is 4. The van der Waals surface area contributed by atoms with Gasteiger partial charge >= 0.3 is 12.3 Å². The zero-order valence-corrected chi connectivity index (χ0v) is 16.9. The average molecular weight is 459 g/mol. The van der Waals surface area contributed by atoms with Crippen molar-refractivity contribution in [3.8, 4) is 0 Å². The SMILES string of the molecule is CC(=O)NC[C@H]1CN(c2ccc(C3[C@H]4CN(C(=O)[C@H](O)C(F)(F)F)C[C@@H]34)c(F)c2)C(=O)O1. The van der Waals surface area contributed by atoms with Crippen LogP contribution in [-0.2, 0) is 14.3 Å². The third kappa shape index (κ3) is 4.10. The molecule has 8 nitrogen and oxygen atoms in total. The first-order chi connectivity index (χ1) is 15.0. The summed E-state index contributed by atoms with van der Waals surface area (Å²) in [5.74, 6) is -2.82. The number of ether oxygens (including phenoxy) is 1. The molecule has 5 atom stereocenters. The number of aliphatic hydroxyl groups excluding tert-OH is 1. The van der Waals surface area contributed by atoms with Crippen LogP contribution >= 0.6 is 0 Å². The number of piperidine rings is 1. The minimum atomic E-state index is -5.02. The molecule has 1 saturated carbocycles. The van der Waals surface area contributed by atoms with Gasteiger partial charge in [0, 0.05) is 20.0 Å². The van der Waals surface area contributed by atoms with Gasteiger partial charge in [0.15, 0.2) is 0 Å². The summed E-state index contributed by atoms with van der Waals surface area (Å²) < 4.78 is 57.6. The predicted molar refractivity (Wildman–Crippen MR) is 101 cm³/mol. The maximum Gasteiger partial charge on any atom is 0.423 e. The summed E-state index contributed by atoms with van der Waals surface area (Å²) in [5, 5.41) is 11.7. The number of benzene rings is 1. The molecule has 0 spiro atoms. The molecule has 1 aliphatic carbocycles. The van der Waals surface area contributed by atoms with Crippen molar-refractivity contribution >= 4 is 23.6 Å². The first kappa shape index (κ1) is 22.3. The molecule has 2 heterocycles. The van der Waals surface area contributed by atoms with Crippen LogP contribution in [0.5, 0.6) is 0 Å². The van der Waals surface area contributed by atoms with Crippen LogP contribution < -0.4 is 10.2 Å². The number of alkyl halides is 3. The van der Waals surface area contributed by atoms with Crippen LogP contribution in [0.1, 0.15) is 18.4 Å². The lowest BCUT2D eigenvalue weighted by Gasteiger charge is -2.24. The number of rotatable bonds is 5. The standard InChI is InChI=1S/C20H21F4N3O5/c1-9(28)25-5-11-6-27(19(31)32-11)10-2-3-12(15(21)4-10)16-13-7-26(8-14(13)16)18(30)17(29)20(22,23)24/h2-4,11,13-14,16-17,29H,5-8H2,1H3,(H,25,28)/t11-,13-,14+,16?,17-/m0/s1. The molecular weight excluding hydrogens is 438 g/mol. The van der Waals surface area contributed by atoms with Gasteiger partial charge in [-0.25, -0.2) is 9.18 Å². The van der Waals surface area contributed by atoms with Crippen LogP contribution in [0.4, 0.5) is 28.0 Å². The fourth-order valence-corrected chi connectivity index (χ4v) is 4.53. The van der Waals surface area contributed by atoms with Crippen molar-refractivity contribution in [1.82, 2.24) is 10.2 Å². The highest BCUT2D eigenvalue weighted by Gasteiger charge is 2.59. The molecule has 3 fully saturated rings. The molecule has 1 unspecified atom stereocenters. The maximum absolute atomic E-state index is 14.8. The fraction of sp³-hybridized carbons (Fsp3) is 0.550. The number of nitrogens with zero attached hydrogens (tertiary/aromatic N) is 2. The van der Waals surface area contributed by atoms with E-state index in [1.807, 2.05) is 0 Å². The number of aliphatic hydroxyl groups is 1. The molecule has 2 N–H and O–H groups in total. The molecule has 1 aromatic carbocycles. The van der Waals surface area contributed by atoms with E-state index >= 15 is 0 Å². The van der Waals surface area contributed by atoms with Crippen LogP contribution in [0.3, 0.4) is 0 Å². The largest absolute Gasteiger partial charge is 0.442 e. The topological polar surface area (TPSA) is 99.2 Å². The van der Waals surface area contributed by atoms with E-state index in [4.69, 9.17) is 9.84 Å². The molecular formula is C20H21F4N3O5. The number of carbonyl (C=O) groups is 3. The lowest BCUT2D eigenvalue weighted by molar-refractivity contribution is -0.210. The third-order valence-corrected chi connectivity index (χ3v) is 6.16. The van der Waals surface area contributed by atoms with Crippen molar-refractivity contribution in [3.05, 3.63) is 29.6 Å². The molecule has 2 saturated heterocycles. The predicted octanol–water partition coefficient (Wildman–Crippen LogP) is 1.38. The van der Waals surface area contributed by atoms with E-state index in [2.05, 4.69) is 5.32 Å². The lowest BCUT2D eigenvalue weighted by atomic mass is 10.0. The number of cyclic esters (lactones) is 1. The Balaban J connectivity index is 1.37. The Hall–Kier alpha value is -2.89. The van der Waals surface area contributed by atoms with Gasteiger partial charge < -0.3 is 20.1 Å². The molecule has 32 heavy (non-hydrogen) atoms. The van der Waals surface area contributed by atoms with Crippen molar-refractivity contribution < 1.29 is 41.8 Å². The number of anilines is 1. The van der Waals surface area contributed by atoms with E-state index < -0.39 is 36.2 Å². The van der Waals surface area contributed by atoms with E-state index in [1.54, 1.807) is 6.07 Å². The third-order valence-electron chi connectivity index (χ3n) is 6.16. The van der Waals surface area contributed by atoms with Crippen molar-refractivity contribution in [1.29, 1.82) is 0 Å². The molecule has 2 aliphatic heterocycles. The molecule has 0 radical (unpaired) electrons. The second-order valence-electron chi connectivity index (χ2n) is 8.30. The minimum Gasteiger partial charge on any atom is -0.442 e. The Morgan fingerprint density at radius 2 is 1.91 bits per heavy atom. The molecule has 3 aliphatic rings. The highest BCUT2D eigenvalue weighted by Crippen LogP contribution is 2.59. The van der Waals surface area contributed by atoms with Gasteiger partial charge in [0.05, 0.1) is 18.8 Å². The summed E-state index contributed by atoms with van der Waals surface area (Å²) >= 11 is 0. The summed E-state index contributed by atoms with van der Waals surface area (Å²) in [6.45, 7) is 1.66. The van der Waals surface area contributed by atoms with Crippen LogP contribution in [0.15, 0.2) is 18.2 Å². The number of fused-ring (bicyclic) bond motifs is 1. The Kier molecular flexibility index (Phi) is 5.51. The number of hydrogen-bond donors (Lipinski definition) is 2. The molecule has 174 valence electrons. The van der Waals surface area contributed by atoms with Crippen molar-refractivity contribution in [2.75, 3.05) is 31.1 Å². The Labute approximate surface area is 180 Å². The fourth-order valence-electron chi connectivity index (χ4n) is 4.53. The van der Waals surface area contributed by atoms with Crippen LogP contribution in [0.2, 0.25) is 0 Å². The van der Waals surface area contributed by atoms with E-state index in [0.717, 1.165) is 4.90 Å². The first-order valence-electron chi connectivity index (χ1n) is 10.0. The van der Waals surface area contributed by atoms with Gasteiger partial charge in [0.1, 0.15) is 11.9 Å². The van der Waals surface area contributed by atoms with E-state index in [-0.39, 0.29) is 55.5 Å². The van der Waals surface area contributed by atoms with Crippen molar-refractivity contribution in [2.24, 2.45) is 11.8 Å². The van der Waals surface area contributed by atoms with Gasteiger partial charge in [0.2, 0.25) is 12.0 Å². The quantitative estimate of drug-likeness (QED) is 0.649. The molecule has 0 bridgehead atoms. The van der Waals surface area contributed by atoms with Gasteiger partial charge in [-0.3, -0.25) is 14.5 Å². The van der Waals surface area contributed by atoms with Crippen molar-refractivity contribution in [2.45, 2.75) is 31.2 Å². The van der Waals surface area contributed by atoms with E-state index in [1.165, 1.54) is 24.0 Å². The maximum atomic E-state index is 14.8.